The molecule has 2 heterocycles. The van der Waals surface area contributed by atoms with Crippen LogP contribution in [0, 0.1) is 13.8 Å². The third-order valence-electron chi connectivity index (χ3n) is 3.32. The van der Waals surface area contributed by atoms with Crippen LogP contribution in [0.25, 0.3) is 11.0 Å². The van der Waals surface area contributed by atoms with Gasteiger partial charge in [-0.1, -0.05) is 18.2 Å². The number of hydrogen-bond acceptors (Lipinski definition) is 3. The largest absolute Gasteiger partial charge is 0.464 e. The van der Waals surface area contributed by atoms with E-state index in [1.807, 2.05) is 44.2 Å². The summed E-state index contributed by atoms with van der Waals surface area (Å²) in [5.74, 6) is 0.472. The van der Waals surface area contributed by atoms with Crippen LogP contribution in [0.1, 0.15) is 16.8 Å². The number of nitrogens with one attached hydrogen (secondary N) is 1. The maximum Gasteiger partial charge on any atom is 0.230 e. The molecule has 0 unspecified atom stereocenters. The molecule has 1 N–H and O–H groups in total. The molecule has 1 amide bonds. The van der Waals surface area contributed by atoms with E-state index in [9.17, 15) is 4.79 Å². The van der Waals surface area contributed by atoms with Crippen molar-refractivity contribution in [2.45, 2.75) is 20.3 Å². The van der Waals surface area contributed by atoms with Crippen LogP contribution in [-0.2, 0) is 11.2 Å². The number of nitrogens with zero attached hydrogens (tertiary/aromatic N) is 1. The third-order valence-corrected chi connectivity index (χ3v) is 3.32. The summed E-state index contributed by atoms with van der Waals surface area (Å²) in [5.41, 5.74) is 3.70. The van der Waals surface area contributed by atoms with Crippen molar-refractivity contribution >= 4 is 22.7 Å². The Kier molecular flexibility index (Phi) is 3.44. The number of aromatic nitrogens is 1. The summed E-state index contributed by atoms with van der Waals surface area (Å²) in [6.07, 6.45) is 1.92. The minimum atomic E-state index is -0.101. The van der Waals surface area contributed by atoms with E-state index in [2.05, 4.69) is 10.3 Å². The lowest BCUT2D eigenvalue weighted by Gasteiger charge is -2.04. The Bertz CT molecular complexity index is 805. The van der Waals surface area contributed by atoms with Gasteiger partial charge in [0.2, 0.25) is 5.91 Å². The maximum absolute atomic E-state index is 12.1. The monoisotopic (exact) mass is 280 g/mol. The molecule has 3 aromatic rings. The molecule has 0 radical (unpaired) electrons. The highest BCUT2D eigenvalue weighted by Gasteiger charge is 2.11. The summed E-state index contributed by atoms with van der Waals surface area (Å²) >= 11 is 0. The predicted octanol–water partition coefficient (Wildman–Crippen LogP) is 3.63. The Morgan fingerprint density at radius 1 is 1.24 bits per heavy atom. The van der Waals surface area contributed by atoms with Gasteiger partial charge in [-0.05, 0) is 37.6 Å². The Morgan fingerprint density at radius 3 is 2.90 bits per heavy atom. The fourth-order valence-corrected chi connectivity index (χ4v) is 2.30. The van der Waals surface area contributed by atoms with Gasteiger partial charge in [0.25, 0.3) is 0 Å². The second-order valence-corrected chi connectivity index (χ2v) is 5.15. The summed E-state index contributed by atoms with van der Waals surface area (Å²) < 4.78 is 5.50. The lowest BCUT2D eigenvalue weighted by atomic mass is 10.1. The summed E-state index contributed by atoms with van der Waals surface area (Å²) in [7, 11) is 0. The number of pyridine rings is 1. The second-order valence-electron chi connectivity index (χ2n) is 5.15. The van der Waals surface area contributed by atoms with Crippen LogP contribution in [0.15, 0.2) is 47.1 Å². The molecule has 4 heteroatoms. The third kappa shape index (κ3) is 2.94. The molecule has 0 bridgehead atoms. The molecule has 0 saturated heterocycles. The highest BCUT2D eigenvalue weighted by Crippen LogP contribution is 2.23. The Balaban J connectivity index is 1.77. The topological polar surface area (TPSA) is 55.1 Å². The highest BCUT2D eigenvalue weighted by molar-refractivity contribution is 5.94. The molecule has 0 aliphatic carbocycles. The number of amides is 1. The van der Waals surface area contributed by atoms with E-state index in [4.69, 9.17) is 4.42 Å². The molecular weight excluding hydrogens is 264 g/mol. The van der Waals surface area contributed by atoms with Crippen LogP contribution < -0.4 is 5.32 Å². The molecule has 0 atom stereocenters. The zero-order chi connectivity index (χ0) is 14.8. The first-order valence-corrected chi connectivity index (χ1v) is 6.82. The molecule has 2 aromatic heterocycles. The van der Waals surface area contributed by atoms with Crippen LogP contribution in [0.3, 0.4) is 0 Å². The number of carbonyl (C=O) groups is 1. The predicted molar refractivity (Wildman–Crippen MR) is 82.3 cm³/mol. The van der Waals surface area contributed by atoms with Gasteiger partial charge in [-0.15, -0.1) is 0 Å². The summed E-state index contributed by atoms with van der Waals surface area (Å²) in [4.78, 5) is 16.4. The van der Waals surface area contributed by atoms with E-state index in [1.54, 1.807) is 12.3 Å². The molecule has 21 heavy (non-hydrogen) atoms. The zero-order valence-corrected chi connectivity index (χ0v) is 12.0. The number of benzene rings is 1. The number of aryl methyl sites for hydroxylation is 2. The number of hydrogen-bond donors (Lipinski definition) is 1. The number of furan rings is 1. The van der Waals surface area contributed by atoms with Crippen molar-refractivity contribution < 1.29 is 9.21 Å². The number of fused-ring (bicyclic) bond motifs is 1. The first-order chi connectivity index (χ1) is 10.1. The zero-order valence-electron chi connectivity index (χ0n) is 12.0. The molecule has 3 rings (SSSR count). The first-order valence-electron chi connectivity index (χ1n) is 6.82. The van der Waals surface area contributed by atoms with Crippen molar-refractivity contribution in [1.82, 2.24) is 4.98 Å². The van der Waals surface area contributed by atoms with E-state index in [0.29, 0.717) is 5.82 Å². The fraction of sp³-hybridized carbons (Fsp3) is 0.176. The highest BCUT2D eigenvalue weighted by atomic mass is 16.3. The average Bonchev–Trinajstić information content (AvgIpc) is 2.81. The van der Waals surface area contributed by atoms with Gasteiger partial charge in [-0.25, -0.2) is 4.98 Å². The van der Waals surface area contributed by atoms with Gasteiger partial charge < -0.3 is 9.73 Å². The van der Waals surface area contributed by atoms with Crippen molar-refractivity contribution in [2.75, 3.05) is 5.32 Å². The van der Waals surface area contributed by atoms with Crippen LogP contribution in [0.5, 0.6) is 0 Å². The molecule has 0 aliphatic heterocycles. The van der Waals surface area contributed by atoms with Gasteiger partial charge in [0.1, 0.15) is 11.4 Å². The number of rotatable bonds is 3. The minimum Gasteiger partial charge on any atom is -0.464 e. The number of anilines is 1. The van der Waals surface area contributed by atoms with Gasteiger partial charge >= 0.3 is 0 Å². The van der Waals surface area contributed by atoms with Gasteiger partial charge in [0.05, 0.1) is 12.7 Å². The Morgan fingerprint density at radius 2 is 2.10 bits per heavy atom. The number of carbonyl (C=O) groups excluding carboxylic acids is 1. The van der Waals surface area contributed by atoms with Crippen molar-refractivity contribution in [1.29, 1.82) is 0 Å². The fourth-order valence-electron chi connectivity index (χ4n) is 2.30. The van der Waals surface area contributed by atoms with E-state index in [-0.39, 0.29) is 12.3 Å². The first kappa shape index (κ1) is 13.4. The lowest BCUT2D eigenvalue weighted by Crippen LogP contribution is -2.15. The molecular formula is C17H16N2O2. The van der Waals surface area contributed by atoms with Crippen LogP contribution in [0.4, 0.5) is 5.82 Å². The smallest absolute Gasteiger partial charge is 0.230 e. The quantitative estimate of drug-likeness (QED) is 0.797. The maximum atomic E-state index is 12.1. The average molecular weight is 280 g/mol. The van der Waals surface area contributed by atoms with E-state index in [1.165, 1.54) is 0 Å². The second kappa shape index (κ2) is 5.40. The van der Waals surface area contributed by atoms with Crippen molar-refractivity contribution in [2.24, 2.45) is 0 Å². The SMILES string of the molecule is Cc1ccc2c(CC(=O)Nc3cccc(C)n3)coc2c1. The van der Waals surface area contributed by atoms with Crippen LogP contribution in [-0.4, -0.2) is 10.9 Å². The van der Waals surface area contributed by atoms with Crippen molar-refractivity contribution in [3.05, 3.63) is 59.5 Å². The minimum absolute atomic E-state index is 0.101. The Labute approximate surface area is 122 Å². The molecule has 0 saturated carbocycles. The van der Waals surface area contributed by atoms with Crippen LogP contribution >= 0.6 is 0 Å². The molecule has 0 fully saturated rings. The van der Waals surface area contributed by atoms with Crippen molar-refractivity contribution in [3.8, 4) is 0 Å². The van der Waals surface area contributed by atoms with Gasteiger partial charge in [0, 0.05) is 16.6 Å². The Hall–Kier alpha value is -2.62. The summed E-state index contributed by atoms with van der Waals surface area (Å²) in [5, 5.41) is 3.78. The normalized spacial score (nSPS) is 10.8. The molecule has 106 valence electrons. The molecule has 1 aromatic carbocycles. The standard InChI is InChI=1S/C17H16N2O2/c1-11-6-7-14-13(10-21-15(14)8-11)9-17(20)19-16-5-3-4-12(2)18-16/h3-8,10H,9H2,1-2H3,(H,18,19,20). The summed E-state index contributed by atoms with van der Waals surface area (Å²) in [6, 6.07) is 11.5. The van der Waals surface area contributed by atoms with Crippen LogP contribution in [0.2, 0.25) is 0 Å². The van der Waals surface area contributed by atoms with Gasteiger partial charge in [-0.2, -0.15) is 0 Å². The summed E-state index contributed by atoms with van der Waals surface area (Å²) in [6.45, 7) is 3.90. The van der Waals surface area contributed by atoms with E-state index >= 15 is 0 Å². The molecule has 0 aliphatic rings. The van der Waals surface area contributed by atoms with Gasteiger partial charge in [0.15, 0.2) is 0 Å². The van der Waals surface area contributed by atoms with E-state index in [0.717, 1.165) is 27.8 Å². The lowest BCUT2D eigenvalue weighted by molar-refractivity contribution is -0.115. The molecule has 4 nitrogen and oxygen atoms in total. The van der Waals surface area contributed by atoms with E-state index < -0.39 is 0 Å². The van der Waals surface area contributed by atoms with Crippen molar-refractivity contribution in [3.63, 3.8) is 0 Å². The molecule has 0 spiro atoms. The van der Waals surface area contributed by atoms with Gasteiger partial charge in [-0.3, -0.25) is 4.79 Å².